The molecule has 184 valence electrons. The SMILES string of the molecule is CCC(=O)c1ccccc1NC(=O)CC(C)C.Cc1c(CC(C)C)[nH]c2ccccc2c1=O.[Na+].[OH-]. The van der Waals surface area contributed by atoms with Crippen LogP contribution in [0.2, 0.25) is 0 Å². The van der Waals surface area contributed by atoms with Gasteiger partial charge in [-0.2, -0.15) is 0 Å². The van der Waals surface area contributed by atoms with Gasteiger partial charge in [-0.15, -0.1) is 0 Å². The largest absolute Gasteiger partial charge is 1.00 e. The van der Waals surface area contributed by atoms with Gasteiger partial charge in [0, 0.05) is 40.6 Å². The number of anilines is 1. The normalized spacial score (nSPS) is 10.2. The number of fused-ring (bicyclic) bond motifs is 1. The van der Waals surface area contributed by atoms with Crippen LogP contribution in [0.3, 0.4) is 0 Å². The van der Waals surface area contributed by atoms with Gasteiger partial charge in [0.15, 0.2) is 11.2 Å². The Morgan fingerprint density at radius 1 is 0.943 bits per heavy atom. The number of rotatable bonds is 7. The number of ketones is 1. The molecule has 2 aromatic carbocycles. The van der Waals surface area contributed by atoms with Crippen molar-refractivity contribution in [1.29, 1.82) is 0 Å². The number of carbonyl (C=O) groups is 2. The van der Waals surface area contributed by atoms with E-state index in [9.17, 15) is 14.4 Å². The van der Waals surface area contributed by atoms with Crippen molar-refractivity contribution in [2.45, 2.75) is 60.8 Å². The van der Waals surface area contributed by atoms with Gasteiger partial charge in [0.1, 0.15) is 0 Å². The molecule has 0 atom stereocenters. The van der Waals surface area contributed by atoms with E-state index in [-0.39, 0.29) is 52.2 Å². The number of aromatic amines is 1. The van der Waals surface area contributed by atoms with Crippen LogP contribution >= 0.6 is 0 Å². The predicted octanol–water partition coefficient (Wildman–Crippen LogP) is 3.13. The second-order valence-electron chi connectivity index (χ2n) is 9.17. The molecule has 1 aromatic heterocycles. The molecule has 0 fully saturated rings. The average Bonchev–Trinajstić information content (AvgIpc) is 2.76. The Balaban J connectivity index is 0.000000625. The molecule has 0 aliphatic carbocycles. The number of H-pyrrole nitrogens is 1. The van der Waals surface area contributed by atoms with Crippen LogP contribution < -0.4 is 40.3 Å². The third-order valence-corrected chi connectivity index (χ3v) is 5.28. The Labute approximate surface area is 230 Å². The fraction of sp³-hybridized carbons (Fsp3) is 0.393. The molecule has 1 amide bonds. The van der Waals surface area contributed by atoms with Gasteiger partial charge in [0.05, 0.1) is 5.69 Å². The first-order chi connectivity index (χ1) is 15.6. The van der Waals surface area contributed by atoms with Gasteiger partial charge >= 0.3 is 29.6 Å². The number of aromatic nitrogens is 1. The molecule has 7 heteroatoms. The average molecular weight is 489 g/mol. The number of para-hydroxylation sites is 2. The number of carbonyl (C=O) groups excluding carboxylic acids is 2. The minimum Gasteiger partial charge on any atom is -0.870 e. The molecule has 0 spiro atoms. The standard InChI is InChI=1S/C14H19NO2.C14H17NO.Na.H2O/c1-4-13(16)11-7-5-6-8-12(11)15-14(17)9-10(2)3;1-9(2)8-13-10(3)14(16)11-6-4-5-7-12(11)15-13;;/h5-8,10H,4,9H2,1-3H3,(H,15,17);4-7,9H,8H2,1-3H3,(H,15,16);;1H2/q;;+1;/p-1. The number of amides is 1. The number of benzene rings is 2. The molecule has 0 saturated heterocycles. The van der Waals surface area contributed by atoms with Crippen molar-refractivity contribution in [2.24, 2.45) is 11.8 Å². The molecule has 1 heterocycles. The summed E-state index contributed by atoms with van der Waals surface area (Å²) in [6, 6.07) is 14.8. The van der Waals surface area contributed by atoms with Crippen molar-refractivity contribution in [1.82, 2.24) is 4.98 Å². The zero-order chi connectivity index (χ0) is 24.5. The first-order valence-electron chi connectivity index (χ1n) is 11.7. The topological polar surface area (TPSA) is 109 Å². The molecular weight excluding hydrogens is 451 g/mol. The number of pyridine rings is 1. The molecule has 6 nitrogen and oxygen atoms in total. The fourth-order valence-electron chi connectivity index (χ4n) is 3.60. The van der Waals surface area contributed by atoms with E-state index in [1.807, 2.05) is 58.0 Å². The van der Waals surface area contributed by atoms with E-state index in [2.05, 4.69) is 24.1 Å². The van der Waals surface area contributed by atoms with Gasteiger partial charge in [-0.05, 0) is 49.4 Å². The molecule has 3 aromatic rings. The predicted molar refractivity (Wildman–Crippen MR) is 139 cm³/mol. The van der Waals surface area contributed by atoms with E-state index in [1.54, 1.807) is 18.2 Å². The van der Waals surface area contributed by atoms with E-state index in [4.69, 9.17) is 0 Å². The van der Waals surface area contributed by atoms with Crippen molar-refractivity contribution in [3.05, 3.63) is 75.6 Å². The fourth-order valence-corrected chi connectivity index (χ4v) is 3.60. The summed E-state index contributed by atoms with van der Waals surface area (Å²) in [6.07, 6.45) is 1.83. The van der Waals surface area contributed by atoms with Gasteiger partial charge in [-0.25, -0.2) is 0 Å². The van der Waals surface area contributed by atoms with Crippen molar-refractivity contribution >= 4 is 28.3 Å². The van der Waals surface area contributed by atoms with Gasteiger partial charge in [0.2, 0.25) is 5.91 Å². The summed E-state index contributed by atoms with van der Waals surface area (Å²) in [5.41, 5.74) is 4.22. The molecule has 35 heavy (non-hydrogen) atoms. The Morgan fingerprint density at radius 2 is 1.54 bits per heavy atom. The van der Waals surface area contributed by atoms with Crippen LogP contribution in [0, 0.1) is 18.8 Å². The summed E-state index contributed by atoms with van der Waals surface area (Å²) in [6.45, 7) is 12.0. The van der Waals surface area contributed by atoms with E-state index in [0.717, 1.165) is 28.6 Å². The first-order valence-corrected chi connectivity index (χ1v) is 11.7. The summed E-state index contributed by atoms with van der Waals surface area (Å²) < 4.78 is 0. The van der Waals surface area contributed by atoms with Crippen LogP contribution in [0.25, 0.3) is 10.9 Å². The molecule has 3 rings (SSSR count). The Hall–Kier alpha value is -2.25. The molecule has 0 bridgehead atoms. The molecule has 0 aliphatic rings. The van der Waals surface area contributed by atoms with Crippen LogP contribution in [0.1, 0.15) is 69.1 Å². The molecule has 3 N–H and O–H groups in total. The van der Waals surface area contributed by atoms with Crippen molar-refractivity contribution < 1.29 is 44.6 Å². The zero-order valence-corrected chi connectivity index (χ0v) is 24.1. The van der Waals surface area contributed by atoms with Crippen molar-refractivity contribution in [3.63, 3.8) is 0 Å². The molecule has 0 unspecified atom stereocenters. The van der Waals surface area contributed by atoms with Crippen LogP contribution in [0.5, 0.6) is 0 Å². The third-order valence-electron chi connectivity index (χ3n) is 5.28. The van der Waals surface area contributed by atoms with Crippen LogP contribution in [0.4, 0.5) is 5.69 Å². The molecular formula is C28H37N2NaO4. The van der Waals surface area contributed by atoms with Gasteiger partial charge in [0.25, 0.3) is 0 Å². The van der Waals surface area contributed by atoms with Crippen LogP contribution in [-0.4, -0.2) is 22.2 Å². The van der Waals surface area contributed by atoms with Crippen LogP contribution in [0.15, 0.2) is 53.3 Å². The summed E-state index contributed by atoms with van der Waals surface area (Å²) in [7, 11) is 0. The molecule has 0 saturated carbocycles. The molecule has 0 radical (unpaired) electrons. The van der Waals surface area contributed by atoms with E-state index >= 15 is 0 Å². The zero-order valence-electron chi connectivity index (χ0n) is 22.1. The second-order valence-corrected chi connectivity index (χ2v) is 9.17. The first kappa shape index (κ1) is 32.8. The Morgan fingerprint density at radius 3 is 2.14 bits per heavy atom. The summed E-state index contributed by atoms with van der Waals surface area (Å²) in [5, 5.41) is 3.58. The van der Waals surface area contributed by atoms with E-state index in [0.29, 0.717) is 35.9 Å². The quantitative estimate of drug-likeness (QED) is 0.393. The van der Waals surface area contributed by atoms with E-state index < -0.39 is 0 Å². The second kappa shape index (κ2) is 15.7. The van der Waals surface area contributed by atoms with E-state index in [1.165, 1.54) is 0 Å². The van der Waals surface area contributed by atoms with Gasteiger partial charge in [-0.3, -0.25) is 14.4 Å². The Bertz CT molecular complexity index is 1170. The minimum atomic E-state index is -0.0450. The van der Waals surface area contributed by atoms with Gasteiger partial charge in [-0.1, -0.05) is 58.9 Å². The monoisotopic (exact) mass is 488 g/mol. The summed E-state index contributed by atoms with van der Waals surface area (Å²) in [4.78, 5) is 38.8. The smallest absolute Gasteiger partial charge is 0.870 e. The van der Waals surface area contributed by atoms with Crippen molar-refractivity contribution in [2.75, 3.05) is 5.32 Å². The third kappa shape index (κ3) is 9.73. The number of hydrogen-bond acceptors (Lipinski definition) is 4. The maximum absolute atomic E-state index is 12.1. The van der Waals surface area contributed by atoms with Gasteiger partial charge < -0.3 is 15.8 Å². The maximum atomic E-state index is 12.1. The summed E-state index contributed by atoms with van der Waals surface area (Å²) in [5.74, 6) is 0.862. The van der Waals surface area contributed by atoms with Crippen molar-refractivity contribution in [3.8, 4) is 0 Å². The molecule has 0 aliphatic heterocycles. The summed E-state index contributed by atoms with van der Waals surface area (Å²) >= 11 is 0. The number of hydrogen-bond donors (Lipinski definition) is 2. The van der Waals surface area contributed by atoms with Crippen LogP contribution in [-0.2, 0) is 11.2 Å². The number of Topliss-reactive ketones (excluding diaryl/α,β-unsaturated/α-hetero) is 1. The minimum absolute atomic E-state index is 0. The Kier molecular flexibility index (Phi) is 14.7. The number of nitrogens with one attached hydrogen (secondary N) is 2. The maximum Gasteiger partial charge on any atom is 1.00 e.